The molecule has 2 aliphatic rings. The average molecular weight is 224 g/mol. The summed E-state index contributed by atoms with van der Waals surface area (Å²) in [5.74, 6) is 1.11. The van der Waals surface area contributed by atoms with E-state index < -0.39 is 0 Å². The third-order valence-corrected chi connectivity index (χ3v) is 4.05. The minimum absolute atomic E-state index is 0.805. The largest absolute Gasteiger partial charge is 0.314 e. The molecular weight excluding hydrogens is 196 g/mol. The van der Waals surface area contributed by atoms with Crippen molar-refractivity contribution in [1.82, 2.24) is 10.2 Å². The SMILES string of the molecule is CCCNC1CCN(CCCC2CC2)CC1. The van der Waals surface area contributed by atoms with E-state index in [1.54, 1.807) is 0 Å². The fraction of sp³-hybridized carbons (Fsp3) is 1.00. The Labute approximate surface area is 101 Å². The smallest absolute Gasteiger partial charge is 0.00914 e. The van der Waals surface area contributed by atoms with Crippen molar-refractivity contribution < 1.29 is 0 Å². The molecule has 0 atom stereocenters. The second kappa shape index (κ2) is 6.61. The quantitative estimate of drug-likeness (QED) is 0.715. The summed E-state index contributed by atoms with van der Waals surface area (Å²) in [5.41, 5.74) is 0. The molecule has 0 unspecified atom stereocenters. The van der Waals surface area contributed by atoms with Crippen LogP contribution in [0.25, 0.3) is 0 Å². The molecule has 1 aliphatic carbocycles. The van der Waals surface area contributed by atoms with Crippen LogP contribution in [0.4, 0.5) is 0 Å². The van der Waals surface area contributed by atoms with Crippen molar-refractivity contribution in [3.8, 4) is 0 Å². The highest BCUT2D eigenvalue weighted by molar-refractivity contribution is 4.78. The van der Waals surface area contributed by atoms with Gasteiger partial charge in [-0.25, -0.2) is 0 Å². The molecule has 0 amide bonds. The molecule has 0 aromatic heterocycles. The first kappa shape index (κ1) is 12.4. The van der Waals surface area contributed by atoms with E-state index in [2.05, 4.69) is 17.1 Å². The molecule has 2 heteroatoms. The molecule has 1 aliphatic heterocycles. The summed E-state index contributed by atoms with van der Waals surface area (Å²) in [5, 5.41) is 3.65. The van der Waals surface area contributed by atoms with E-state index in [4.69, 9.17) is 0 Å². The van der Waals surface area contributed by atoms with E-state index in [9.17, 15) is 0 Å². The molecule has 1 saturated heterocycles. The topological polar surface area (TPSA) is 15.3 Å². The second-order valence-corrected chi connectivity index (χ2v) is 5.66. The van der Waals surface area contributed by atoms with Crippen molar-refractivity contribution in [2.75, 3.05) is 26.2 Å². The van der Waals surface area contributed by atoms with Gasteiger partial charge >= 0.3 is 0 Å². The molecule has 0 spiro atoms. The molecule has 16 heavy (non-hydrogen) atoms. The minimum Gasteiger partial charge on any atom is -0.314 e. The van der Waals surface area contributed by atoms with Gasteiger partial charge in [0.15, 0.2) is 0 Å². The lowest BCUT2D eigenvalue weighted by atomic mass is 10.0. The summed E-state index contributed by atoms with van der Waals surface area (Å²) in [7, 11) is 0. The van der Waals surface area contributed by atoms with Crippen LogP contribution in [-0.4, -0.2) is 37.1 Å². The number of likely N-dealkylation sites (tertiary alicyclic amines) is 1. The molecule has 0 aromatic carbocycles. The van der Waals surface area contributed by atoms with Crippen molar-refractivity contribution in [1.29, 1.82) is 0 Å². The lowest BCUT2D eigenvalue weighted by molar-refractivity contribution is 0.194. The number of piperidine rings is 1. The van der Waals surface area contributed by atoms with E-state index in [-0.39, 0.29) is 0 Å². The Morgan fingerprint density at radius 2 is 1.88 bits per heavy atom. The Kier molecular flexibility index (Phi) is 5.11. The zero-order chi connectivity index (χ0) is 11.2. The molecule has 1 heterocycles. The Hall–Kier alpha value is -0.0800. The van der Waals surface area contributed by atoms with Crippen molar-refractivity contribution in [2.24, 2.45) is 5.92 Å². The first-order chi connectivity index (χ1) is 7.88. The normalized spacial score (nSPS) is 23.8. The third-order valence-electron chi connectivity index (χ3n) is 4.05. The van der Waals surface area contributed by atoms with Gasteiger partial charge in [0.1, 0.15) is 0 Å². The standard InChI is InChI=1S/C14H28N2/c1-2-9-15-14-7-11-16(12-8-14)10-3-4-13-5-6-13/h13-15H,2-12H2,1H3. The van der Waals surface area contributed by atoms with Gasteiger partial charge in [0.25, 0.3) is 0 Å². The Morgan fingerprint density at radius 3 is 2.50 bits per heavy atom. The van der Waals surface area contributed by atoms with E-state index in [1.807, 2.05) is 0 Å². The zero-order valence-corrected chi connectivity index (χ0v) is 10.9. The summed E-state index contributed by atoms with van der Waals surface area (Å²) >= 11 is 0. The van der Waals surface area contributed by atoms with Gasteiger partial charge in [0.05, 0.1) is 0 Å². The van der Waals surface area contributed by atoms with Crippen LogP contribution in [0, 0.1) is 5.92 Å². The lowest BCUT2D eigenvalue weighted by Gasteiger charge is -2.32. The molecule has 2 fully saturated rings. The third kappa shape index (κ3) is 4.42. The Balaban J connectivity index is 1.50. The fourth-order valence-electron chi connectivity index (χ4n) is 2.72. The Bertz CT molecular complexity index is 181. The molecule has 2 nitrogen and oxygen atoms in total. The van der Waals surface area contributed by atoms with Crippen molar-refractivity contribution in [2.45, 2.75) is 57.9 Å². The van der Waals surface area contributed by atoms with Gasteiger partial charge in [0, 0.05) is 6.04 Å². The highest BCUT2D eigenvalue weighted by Gasteiger charge is 2.22. The first-order valence-corrected chi connectivity index (χ1v) is 7.34. The molecule has 0 aromatic rings. The van der Waals surface area contributed by atoms with Gasteiger partial charge in [-0.05, 0) is 64.2 Å². The van der Waals surface area contributed by atoms with Gasteiger partial charge in [-0.2, -0.15) is 0 Å². The van der Waals surface area contributed by atoms with Gasteiger partial charge in [-0.3, -0.25) is 0 Å². The summed E-state index contributed by atoms with van der Waals surface area (Å²) < 4.78 is 0. The van der Waals surface area contributed by atoms with Crippen molar-refractivity contribution in [3.63, 3.8) is 0 Å². The highest BCUT2D eigenvalue weighted by Crippen LogP contribution is 2.33. The first-order valence-electron chi connectivity index (χ1n) is 7.34. The molecule has 2 rings (SSSR count). The predicted molar refractivity (Wildman–Crippen MR) is 69.7 cm³/mol. The average Bonchev–Trinajstić information content (AvgIpc) is 3.12. The molecule has 94 valence electrons. The van der Waals surface area contributed by atoms with Crippen molar-refractivity contribution in [3.05, 3.63) is 0 Å². The van der Waals surface area contributed by atoms with Crippen LogP contribution in [0.15, 0.2) is 0 Å². The summed E-state index contributed by atoms with van der Waals surface area (Å²) in [6.45, 7) is 7.46. The molecule has 1 N–H and O–H groups in total. The van der Waals surface area contributed by atoms with Gasteiger partial charge in [-0.15, -0.1) is 0 Å². The van der Waals surface area contributed by atoms with Crippen molar-refractivity contribution >= 4 is 0 Å². The number of nitrogens with zero attached hydrogens (tertiary/aromatic N) is 1. The molecule has 0 bridgehead atoms. The molecular formula is C14H28N2. The van der Waals surface area contributed by atoms with Crippen LogP contribution in [0.1, 0.15) is 51.9 Å². The maximum atomic E-state index is 3.65. The zero-order valence-electron chi connectivity index (χ0n) is 10.9. The number of nitrogens with one attached hydrogen (secondary N) is 1. The molecule has 0 radical (unpaired) electrons. The lowest BCUT2D eigenvalue weighted by Crippen LogP contribution is -2.42. The second-order valence-electron chi connectivity index (χ2n) is 5.66. The van der Waals surface area contributed by atoms with Gasteiger partial charge in [0.2, 0.25) is 0 Å². The predicted octanol–water partition coefficient (Wildman–Crippen LogP) is 2.64. The molecule has 1 saturated carbocycles. The number of rotatable bonds is 7. The highest BCUT2D eigenvalue weighted by atomic mass is 15.1. The van der Waals surface area contributed by atoms with Crippen LogP contribution in [0.2, 0.25) is 0 Å². The van der Waals surface area contributed by atoms with Crippen LogP contribution in [0.3, 0.4) is 0 Å². The monoisotopic (exact) mass is 224 g/mol. The van der Waals surface area contributed by atoms with Crippen LogP contribution < -0.4 is 5.32 Å². The number of hydrogen-bond acceptors (Lipinski definition) is 2. The summed E-state index contributed by atoms with van der Waals surface area (Å²) in [6, 6.07) is 0.805. The summed E-state index contributed by atoms with van der Waals surface area (Å²) in [6.07, 6.45) is 9.96. The fourth-order valence-corrected chi connectivity index (χ4v) is 2.72. The maximum Gasteiger partial charge on any atom is 0.00914 e. The van der Waals surface area contributed by atoms with E-state index >= 15 is 0 Å². The minimum atomic E-state index is 0.805. The van der Waals surface area contributed by atoms with Gasteiger partial charge < -0.3 is 10.2 Å². The van der Waals surface area contributed by atoms with E-state index in [1.165, 1.54) is 71.1 Å². The van der Waals surface area contributed by atoms with Crippen LogP contribution in [-0.2, 0) is 0 Å². The number of hydrogen-bond donors (Lipinski definition) is 1. The van der Waals surface area contributed by atoms with E-state index in [0.717, 1.165) is 12.0 Å². The maximum absolute atomic E-state index is 3.65. The van der Waals surface area contributed by atoms with Crippen LogP contribution >= 0.6 is 0 Å². The van der Waals surface area contributed by atoms with E-state index in [0.29, 0.717) is 0 Å². The Morgan fingerprint density at radius 1 is 1.12 bits per heavy atom. The summed E-state index contributed by atoms with van der Waals surface area (Å²) in [4.78, 5) is 2.67. The van der Waals surface area contributed by atoms with Crippen LogP contribution in [0.5, 0.6) is 0 Å². The van der Waals surface area contributed by atoms with Gasteiger partial charge in [-0.1, -0.05) is 19.8 Å².